The van der Waals surface area contributed by atoms with Crippen LogP contribution in [-0.4, -0.2) is 33.6 Å². The second-order valence-electron chi connectivity index (χ2n) is 7.85. The van der Waals surface area contributed by atoms with Crippen molar-refractivity contribution in [2.75, 3.05) is 0 Å². The molecule has 0 aromatic heterocycles. The maximum absolute atomic E-state index is 13.4. The number of nitrogens with zero attached hydrogens (tertiary/aromatic N) is 2. The molecule has 3 aliphatic carbocycles. The quantitative estimate of drug-likeness (QED) is 0.717. The van der Waals surface area contributed by atoms with Crippen molar-refractivity contribution in [1.82, 2.24) is 10.0 Å². The van der Waals surface area contributed by atoms with E-state index in [1.165, 1.54) is 0 Å². The van der Waals surface area contributed by atoms with Gasteiger partial charge in [0.2, 0.25) is 11.8 Å². The molecule has 2 saturated heterocycles. The first kappa shape index (κ1) is 15.7. The molecule has 0 N–H and O–H groups in total. The topological polar surface area (TPSA) is 74.8 Å². The van der Waals surface area contributed by atoms with Gasteiger partial charge in [0.1, 0.15) is 0 Å². The Hall–Kier alpha value is -3.28. The van der Waals surface area contributed by atoms with E-state index in [4.69, 9.17) is 0 Å². The summed E-state index contributed by atoms with van der Waals surface area (Å²) in [5.74, 6) is -3.46. The average Bonchev–Trinajstić information content (AvgIpc) is 3.18. The van der Waals surface area contributed by atoms with Gasteiger partial charge in [-0.25, -0.2) is 0 Å². The van der Waals surface area contributed by atoms with Gasteiger partial charge in [0.15, 0.2) is 0 Å². The van der Waals surface area contributed by atoms with E-state index in [2.05, 4.69) is 0 Å². The molecule has 28 heavy (non-hydrogen) atoms. The van der Waals surface area contributed by atoms with Crippen LogP contribution in [0.1, 0.15) is 46.9 Å². The van der Waals surface area contributed by atoms with E-state index in [-0.39, 0.29) is 24.7 Å². The van der Waals surface area contributed by atoms with Gasteiger partial charge in [-0.1, -0.05) is 48.5 Å². The molecule has 7 rings (SSSR count). The zero-order valence-corrected chi connectivity index (χ0v) is 14.9. The third-order valence-corrected chi connectivity index (χ3v) is 6.65. The maximum Gasteiger partial charge on any atom is 0.253 e. The Morgan fingerprint density at radius 1 is 0.571 bits per heavy atom. The van der Waals surface area contributed by atoms with Gasteiger partial charge in [-0.15, -0.1) is 0 Å². The van der Waals surface area contributed by atoms with Crippen molar-refractivity contribution in [2.24, 2.45) is 11.8 Å². The van der Waals surface area contributed by atoms with Crippen LogP contribution in [0, 0.1) is 11.8 Å². The number of amides is 4. The molecule has 2 aliphatic heterocycles. The zero-order chi connectivity index (χ0) is 19.2. The summed E-state index contributed by atoms with van der Waals surface area (Å²) in [6.07, 6.45) is 0.0804. The molecule has 2 fully saturated rings. The molecule has 2 atom stereocenters. The second kappa shape index (κ2) is 5.16. The maximum atomic E-state index is 13.4. The fourth-order valence-electron chi connectivity index (χ4n) is 5.65. The molecular formula is C22H16N2O4. The first-order chi connectivity index (χ1) is 13.6. The van der Waals surface area contributed by atoms with Crippen LogP contribution in [0.4, 0.5) is 0 Å². The lowest BCUT2D eigenvalue weighted by molar-refractivity contribution is -0.172. The highest BCUT2D eigenvalue weighted by Crippen LogP contribution is 2.61. The van der Waals surface area contributed by atoms with Crippen LogP contribution >= 0.6 is 0 Å². The Morgan fingerprint density at radius 2 is 0.929 bits per heavy atom. The van der Waals surface area contributed by atoms with Gasteiger partial charge in [-0.05, 0) is 22.3 Å². The van der Waals surface area contributed by atoms with E-state index in [9.17, 15) is 19.2 Å². The van der Waals surface area contributed by atoms with Crippen molar-refractivity contribution >= 4 is 23.6 Å². The minimum atomic E-state index is -0.580. The smallest absolute Gasteiger partial charge is 0.253 e. The van der Waals surface area contributed by atoms with Gasteiger partial charge in [-0.2, -0.15) is 10.0 Å². The lowest BCUT2D eigenvalue weighted by Crippen LogP contribution is -2.49. The highest BCUT2D eigenvalue weighted by atomic mass is 16.2. The van der Waals surface area contributed by atoms with Crippen LogP contribution in [0.3, 0.4) is 0 Å². The highest BCUT2D eigenvalue weighted by molar-refractivity contribution is 6.13. The Balaban J connectivity index is 1.56. The van der Waals surface area contributed by atoms with Gasteiger partial charge in [-0.3, -0.25) is 19.2 Å². The Labute approximate surface area is 160 Å². The van der Waals surface area contributed by atoms with Gasteiger partial charge < -0.3 is 0 Å². The van der Waals surface area contributed by atoms with Crippen molar-refractivity contribution in [1.29, 1.82) is 0 Å². The van der Waals surface area contributed by atoms with Crippen LogP contribution in [0.15, 0.2) is 48.5 Å². The van der Waals surface area contributed by atoms with Gasteiger partial charge in [0, 0.05) is 24.7 Å². The summed E-state index contributed by atoms with van der Waals surface area (Å²) in [6, 6.07) is 15.9. The molecule has 6 heteroatoms. The summed E-state index contributed by atoms with van der Waals surface area (Å²) >= 11 is 0. The van der Waals surface area contributed by atoms with Crippen molar-refractivity contribution < 1.29 is 19.2 Å². The number of hydrogen-bond donors (Lipinski definition) is 0. The fraction of sp³-hybridized carbons (Fsp3) is 0.273. The predicted molar refractivity (Wildman–Crippen MR) is 96.5 cm³/mol. The van der Waals surface area contributed by atoms with Crippen molar-refractivity contribution in [3.8, 4) is 0 Å². The lowest BCUT2D eigenvalue weighted by Gasteiger charge is -2.45. The molecule has 5 aliphatic rings. The second-order valence-corrected chi connectivity index (χ2v) is 7.85. The fourth-order valence-corrected chi connectivity index (χ4v) is 5.65. The lowest BCUT2D eigenvalue weighted by atomic mass is 9.55. The zero-order valence-electron chi connectivity index (χ0n) is 14.9. The Bertz CT molecular complexity index is 976. The third kappa shape index (κ3) is 1.69. The first-order valence-electron chi connectivity index (χ1n) is 9.50. The molecular weight excluding hydrogens is 356 g/mol. The molecule has 0 saturated carbocycles. The minimum absolute atomic E-state index is 0.0402. The number of benzene rings is 2. The summed E-state index contributed by atoms with van der Waals surface area (Å²) in [5, 5.41) is 1.64. The number of imide groups is 2. The van der Waals surface area contributed by atoms with Crippen molar-refractivity contribution in [3.63, 3.8) is 0 Å². The number of carbonyl (C=O) groups excluding carboxylic acids is 4. The SMILES string of the molecule is O=C1CCC(=O)N1N1C(=O)[C@@H]2C3c4ccccc4C(c4ccccc43)[C@@H]2C1=O. The number of hydrogen-bond acceptors (Lipinski definition) is 4. The van der Waals surface area contributed by atoms with Gasteiger partial charge in [0.25, 0.3) is 11.8 Å². The third-order valence-electron chi connectivity index (χ3n) is 6.65. The molecule has 4 amide bonds. The van der Waals surface area contributed by atoms with Crippen LogP contribution in [0.5, 0.6) is 0 Å². The largest absolute Gasteiger partial charge is 0.272 e. The Kier molecular flexibility index (Phi) is 2.90. The molecule has 2 heterocycles. The monoisotopic (exact) mass is 372 g/mol. The first-order valence-corrected chi connectivity index (χ1v) is 9.50. The molecule has 0 spiro atoms. The van der Waals surface area contributed by atoms with Crippen LogP contribution < -0.4 is 0 Å². The van der Waals surface area contributed by atoms with Crippen LogP contribution in [0.2, 0.25) is 0 Å². The minimum Gasteiger partial charge on any atom is -0.272 e. The molecule has 6 nitrogen and oxygen atoms in total. The normalized spacial score (nSPS) is 30.0. The van der Waals surface area contributed by atoms with E-state index in [0.29, 0.717) is 0 Å². The van der Waals surface area contributed by atoms with Gasteiger partial charge >= 0.3 is 0 Å². The van der Waals surface area contributed by atoms with E-state index in [1.807, 2.05) is 48.5 Å². The number of carbonyl (C=O) groups is 4. The van der Waals surface area contributed by atoms with Crippen molar-refractivity contribution in [2.45, 2.75) is 24.7 Å². The predicted octanol–water partition coefficient (Wildman–Crippen LogP) is 1.94. The number of hydrazine groups is 1. The summed E-state index contributed by atoms with van der Waals surface area (Å²) in [6.45, 7) is 0. The molecule has 2 bridgehead atoms. The summed E-state index contributed by atoms with van der Waals surface area (Å²) in [7, 11) is 0. The molecule has 2 aromatic rings. The van der Waals surface area contributed by atoms with Crippen LogP contribution in [0.25, 0.3) is 0 Å². The van der Waals surface area contributed by atoms with E-state index in [0.717, 1.165) is 32.3 Å². The molecule has 2 aromatic carbocycles. The standard InChI is InChI=1S/C22H16N2O4/c25-15-9-10-16(26)23(15)24-21(27)19-17-11-5-1-2-6-12(11)18(20(19)22(24)28)14-8-4-3-7-13(14)17/h1-8,17-20H,9-10H2/t17?,18?,19-,20+. The van der Waals surface area contributed by atoms with Crippen molar-refractivity contribution in [3.05, 3.63) is 70.8 Å². The summed E-state index contributed by atoms with van der Waals surface area (Å²) in [5.41, 5.74) is 4.26. The van der Waals surface area contributed by atoms with Gasteiger partial charge in [0.05, 0.1) is 11.8 Å². The number of rotatable bonds is 1. The van der Waals surface area contributed by atoms with E-state index in [1.54, 1.807) is 0 Å². The van der Waals surface area contributed by atoms with E-state index >= 15 is 0 Å². The van der Waals surface area contributed by atoms with Crippen LogP contribution in [-0.2, 0) is 19.2 Å². The summed E-state index contributed by atoms with van der Waals surface area (Å²) in [4.78, 5) is 51.3. The summed E-state index contributed by atoms with van der Waals surface area (Å²) < 4.78 is 0. The molecule has 138 valence electrons. The van der Waals surface area contributed by atoms with E-state index < -0.39 is 35.5 Å². The molecule has 0 radical (unpaired) electrons. The highest BCUT2D eigenvalue weighted by Gasteiger charge is 2.63. The Morgan fingerprint density at radius 3 is 1.29 bits per heavy atom. The average molecular weight is 372 g/mol. The molecule has 0 unspecified atom stereocenters.